The number of nitrogens with zero attached hydrogens (tertiary/aromatic N) is 1. The molecule has 1 aliphatic rings. The highest BCUT2D eigenvalue weighted by molar-refractivity contribution is 9.11. The van der Waals surface area contributed by atoms with E-state index < -0.39 is 10.0 Å². The molecular formula is C11H15BrClNO2S2. The first-order valence-corrected chi connectivity index (χ1v) is 9.38. The Hall–Kier alpha value is 0.380. The number of halogens is 2. The van der Waals surface area contributed by atoms with Gasteiger partial charge in [0.25, 0.3) is 0 Å². The zero-order chi connectivity index (χ0) is 13.3. The second kappa shape index (κ2) is 5.79. The van der Waals surface area contributed by atoms with Crippen LogP contribution in [0, 0.1) is 5.92 Å². The van der Waals surface area contributed by atoms with Gasteiger partial charge in [-0.3, -0.25) is 0 Å². The number of thiophene rings is 1. The molecule has 0 aliphatic carbocycles. The second-order valence-electron chi connectivity index (χ2n) is 4.59. The first-order valence-electron chi connectivity index (χ1n) is 5.79. The summed E-state index contributed by atoms with van der Waals surface area (Å²) in [5.41, 5.74) is 0. The third kappa shape index (κ3) is 2.93. The maximum Gasteiger partial charge on any atom is 0.245 e. The number of hydrogen-bond acceptors (Lipinski definition) is 3. The fourth-order valence-electron chi connectivity index (χ4n) is 2.14. The van der Waals surface area contributed by atoms with Crippen molar-refractivity contribution in [2.45, 2.75) is 30.5 Å². The Morgan fingerprint density at radius 2 is 2.33 bits per heavy atom. The Kier molecular flexibility index (Phi) is 4.75. The Morgan fingerprint density at radius 3 is 2.89 bits per heavy atom. The number of alkyl halides is 1. The lowest BCUT2D eigenvalue weighted by molar-refractivity contribution is 0.281. The molecule has 0 aromatic carbocycles. The Balaban J connectivity index is 2.32. The molecule has 0 radical (unpaired) electrons. The van der Waals surface area contributed by atoms with Crippen LogP contribution >= 0.6 is 38.9 Å². The van der Waals surface area contributed by atoms with Gasteiger partial charge in [0.2, 0.25) is 10.0 Å². The van der Waals surface area contributed by atoms with Gasteiger partial charge in [0.1, 0.15) is 4.90 Å². The summed E-state index contributed by atoms with van der Waals surface area (Å²) in [6, 6.07) is 1.68. The van der Waals surface area contributed by atoms with Crippen LogP contribution in [-0.2, 0) is 15.9 Å². The van der Waals surface area contributed by atoms with Crippen LogP contribution in [0.5, 0.6) is 0 Å². The van der Waals surface area contributed by atoms with Gasteiger partial charge in [0.15, 0.2) is 0 Å². The van der Waals surface area contributed by atoms with Crippen molar-refractivity contribution in [3.8, 4) is 0 Å². The molecule has 7 heteroatoms. The van der Waals surface area contributed by atoms with Crippen LogP contribution in [0.15, 0.2) is 14.7 Å². The topological polar surface area (TPSA) is 37.4 Å². The number of piperidine rings is 1. The molecule has 0 N–H and O–H groups in total. The molecule has 0 spiro atoms. The van der Waals surface area contributed by atoms with Crippen molar-refractivity contribution in [1.82, 2.24) is 4.31 Å². The molecule has 0 amide bonds. The van der Waals surface area contributed by atoms with Crippen molar-refractivity contribution in [1.29, 1.82) is 0 Å². The lowest BCUT2D eigenvalue weighted by atomic mass is 10.0. The van der Waals surface area contributed by atoms with E-state index in [1.807, 2.05) is 0 Å². The highest BCUT2D eigenvalue weighted by Gasteiger charge is 2.31. The van der Waals surface area contributed by atoms with Gasteiger partial charge in [-0.05, 0) is 40.8 Å². The van der Waals surface area contributed by atoms with E-state index in [1.54, 1.807) is 10.4 Å². The van der Waals surface area contributed by atoms with E-state index >= 15 is 0 Å². The summed E-state index contributed by atoms with van der Waals surface area (Å²) >= 11 is 10.5. The molecule has 1 aliphatic heterocycles. The molecule has 1 atom stereocenters. The summed E-state index contributed by atoms with van der Waals surface area (Å²) < 4.78 is 27.3. The molecule has 0 saturated carbocycles. The molecular weight excluding hydrogens is 358 g/mol. The Morgan fingerprint density at radius 1 is 1.61 bits per heavy atom. The summed E-state index contributed by atoms with van der Waals surface area (Å²) in [6.45, 7) is 3.32. The predicted molar refractivity (Wildman–Crippen MR) is 78.7 cm³/mol. The predicted octanol–water partition coefficient (Wildman–Crippen LogP) is 3.67. The van der Waals surface area contributed by atoms with Crippen molar-refractivity contribution < 1.29 is 8.42 Å². The molecule has 3 nitrogen and oxygen atoms in total. The van der Waals surface area contributed by atoms with Crippen LogP contribution in [0.3, 0.4) is 0 Å². The highest BCUT2D eigenvalue weighted by atomic mass is 79.9. The van der Waals surface area contributed by atoms with Gasteiger partial charge in [-0.15, -0.1) is 22.9 Å². The van der Waals surface area contributed by atoms with Gasteiger partial charge < -0.3 is 0 Å². The van der Waals surface area contributed by atoms with E-state index in [9.17, 15) is 8.42 Å². The minimum atomic E-state index is -3.38. The lowest BCUT2D eigenvalue weighted by Gasteiger charge is -2.29. The smallest absolute Gasteiger partial charge is 0.207 e. The van der Waals surface area contributed by atoms with Crippen molar-refractivity contribution in [3.63, 3.8) is 0 Å². The van der Waals surface area contributed by atoms with Crippen molar-refractivity contribution in [2.75, 3.05) is 13.1 Å². The first-order chi connectivity index (χ1) is 8.45. The van der Waals surface area contributed by atoms with E-state index in [-0.39, 0.29) is 0 Å². The molecule has 2 heterocycles. The number of hydrogen-bond donors (Lipinski definition) is 0. The summed E-state index contributed by atoms with van der Waals surface area (Å²) in [5, 5.41) is 0. The summed E-state index contributed by atoms with van der Waals surface area (Å²) in [7, 11) is -3.38. The van der Waals surface area contributed by atoms with E-state index in [0.717, 1.165) is 17.7 Å². The number of rotatable bonds is 3. The standard InChI is InChI=1S/C11H15BrClNO2S2/c1-8-3-2-4-14(7-8)18(15,16)10-5-9(6-13)17-11(10)12/h5,8H,2-4,6-7H2,1H3. The van der Waals surface area contributed by atoms with Crippen LogP contribution in [0.2, 0.25) is 0 Å². The maximum atomic E-state index is 12.5. The molecule has 102 valence electrons. The van der Waals surface area contributed by atoms with Crippen LogP contribution in [0.1, 0.15) is 24.6 Å². The third-order valence-corrected chi connectivity index (χ3v) is 7.64. The Bertz CT molecular complexity index is 529. The normalized spacial score (nSPS) is 22.3. The molecule has 2 rings (SSSR count). The summed E-state index contributed by atoms with van der Waals surface area (Å²) in [6.07, 6.45) is 2.04. The quantitative estimate of drug-likeness (QED) is 0.759. The zero-order valence-electron chi connectivity index (χ0n) is 10.0. The van der Waals surface area contributed by atoms with E-state index in [4.69, 9.17) is 11.6 Å². The van der Waals surface area contributed by atoms with Gasteiger partial charge in [-0.2, -0.15) is 4.31 Å². The van der Waals surface area contributed by atoms with Crippen LogP contribution in [-0.4, -0.2) is 25.8 Å². The first kappa shape index (κ1) is 14.8. The van der Waals surface area contributed by atoms with Crippen molar-refractivity contribution in [2.24, 2.45) is 5.92 Å². The van der Waals surface area contributed by atoms with Gasteiger partial charge in [0.05, 0.1) is 9.67 Å². The van der Waals surface area contributed by atoms with E-state index in [1.165, 1.54) is 11.3 Å². The fraction of sp³-hybridized carbons (Fsp3) is 0.636. The van der Waals surface area contributed by atoms with Gasteiger partial charge >= 0.3 is 0 Å². The maximum absolute atomic E-state index is 12.5. The highest BCUT2D eigenvalue weighted by Crippen LogP contribution is 2.35. The molecule has 18 heavy (non-hydrogen) atoms. The molecule has 1 aromatic rings. The van der Waals surface area contributed by atoms with Gasteiger partial charge in [-0.25, -0.2) is 8.42 Å². The van der Waals surface area contributed by atoms with E-state index in [0.29, 0.717) is 33.6 Å². The SMILES string of the molecule is CC1CCCN(S(=O)(=O)c2cc(CCl)sc2Br)C1. The van der Waals surface area contributed by atoms with Crippen molar-refractivity contribution in [3.05, 3.63) is 14.7 Å². The Labute approximate surface area is 125 Å². The molecule has 1 fully saturated rings. The van der Waals surface area contributed by atoms with E-state index in [2.05, 4.69) is 22.9 Å². The molecule has 1 aromatic heterocycles. The molecule has 1 saturated heterocycles. The average Bonchev–Trinajstić information content (AvgIpc) is 2.71. The fourth-order valence-corrected chi connectivity index (χ4v) is 6.46. The average molecular weight is 373 g/mol. The van der Waals surface area contributed by atoms with Crippen LogP contribution < -0.4 is 0 Å². The second-order valence-corrected chi connectivity index (χ2v) is 9.22. The van der Waals surface area contributed by atoms with Crippen molar-refractivity contribution >= 4 is 48.9 Å². The minimum absolute atomic E-state index is 0.342. The monoisotopic (exact) mass is 371 g/mol. The summed E-state index contributed by atoms with van der Waals surface area (Å²) in [4.78, 5) is 1.23. The molecule has 1 unspecified atom stereocenters. The molecule has 0 bridgehead atoms. The lowest BCUT2D eigenvalue weighted by Crippen LogP contribution is -2.39. The summed E-state index contributed by atoms with van der Waals surface area (Å²) in [5.74, 6) is 0.772. The van der Waals surface area contributed by atoms with Crippen LogP contribution in [0.4, 0.5) is 0 Å². The van der Waals surface area contributed by atoms with Gasteiger partial charge in [0, 0.05) is 18.0 Å². The largest absolute Gasteiger partial charge is 0.245 e. The minimum Gasteiger partial charge on any atom is -0.207 e. The third-order valence-electron chi connectivity index (χ3n) is 3.08. The van der Waals surface area contributed by atoms with Gasteiger partial charge in [-0.1, -0.05) is 6.92 Å². The van der Waals surface area contributed by atoms with Crippen LogP contribution in [0.25, 0.3) is 0 Å². The zero-order valence-corrected chi connectivity index (χ0v) is 14.0. The number of sulfonamides is 1.